The van der Waals surface area contributed by atoms with E-state index in [2.05, 4.69) is 5.32 Å². The van der Waals surface area contributed by atoms with Crippen LogP contribution in [0.5, 0.6) is 5.75 Å². The van der Waals surface area contributed by atoms with E-state index in [4.69, 9.17) is 28.6 Å². The van der Waals surface area contributed by atoms with Gasteiger partial charge in [0.2, 0.25) is 0 Å². The molecule has 1 saturated heterocycles. The van der Waals surface area contributed by atoms with Crippen LogP contribution < -0.4 is 15.0 Å². The molecule has 0 unspecified atom stereocenters. The van der Waals surface area contributed by atoms with E-state index < -0.39 is 39.9 Å². The fraction of sp³-hybridized carbons (Fsp3) is 0.300. The summed E-state index contributed by atoms with van der Waals surface area (Å²) < 4.78 is 61.1. The number of carbonyl (C=O) groups excluding carboxylic acids is 1. The molecule has 0 radical (unpaired) electrons. The van der Waals surface area contributed by atoms with Crippen molar-refractivity contribution in [3.8, 4) is 5.75 Å². The molecular formula is C20H18ClF4N3O2S. The molecule has 1 heterocycles. The highest BCUT2D eigenvalue weighted by atomic mass is 35.5. The second-order valence-corrected chi connectivity index (χ2v) is 7.37. The van der Waals surface area contributed by atoms with Crippen molar-refractivity contribution in [2.45, 2.75) is 6.92 Å². The minimum atomic E-state index is -1.64. The Kier molecular flexibility index (Phi) is 7.22. The summed E-state index contributed by atoms with van der Waals surface area (Å²) in [6.07, 6.45) is 0. The maximum Gasteiger partial charge on any atom is 0.257 e. The highest BCUT2D eigenvalue weighted by Crippen LogP contribution is 2.33. The van der Waals surface area contributed by atoms with E-state index >= 15 is 0 Å². The number of amides is 1. The van der Waals surface area contributed by atoms with E-state index in [-0.39, 0.29) is 31.3 Å². The van der Waals surface area contributed by atoms with Crippen LogP contribution in [0.15, 0.2) is 24.3 Å². The van der Waals surface area contributed by atoms with Crippen molar-refractivity contribution in [2.75, 3.05) is 37.7 Å². The molecule has 1 fully saturated rings. The van der Waals surface area contributed by atoms with Gasteiger partial charge in [0.1, 0.15) is 16.5 Å². The fourth-order valence-corrected chi connectivity index (χ4v) is 3.56. The standard InChI is InChI=1S/C20H18ClF4N3O2S/c1-2-30-12-5-3-11(4-6-12)19(29)26-20(31)28-9-7-27(8-10-28)18-16(24)14(22)13(21)15(23)17(18)25/h3-6H,2,7-10H2,1H3,(H,26,29,31). The Morgan fingerprint density at radius 2 is 1.58 bits per heavy atom. The van der Waals surface area contributed by atoms with Crippen LogP contribution in [-0.2, 0) is 0 Å². The van der Waals surface area contributed by atoms with Crippen LogP contribution in [0.1, 0.15) is 17.3 Å². The Morgan fingerprint density at radius 3 is 2.10 bits per heavy atom. The molecular weight excluding hydrogens is 458 g/mol. The minimum Gasteiger partial charge on any atom is -0.494 e. The van der Waals surface area contributed by atoms with Gasteiger partial charge in [-0.3, -0.25) is 10.1 Å². The highest BCUT2D eigenvalue weighted by Gasteiger charge is 2.30. The average molecular weight is 476 g/mol. The molecule has 1 N–H and O–H groups in total. The number of nitrogens with zero attached hydrogens (tertiary/aromatic N) is 2. The maximum absolute atomic E-state index is 14.2. The average Bonchev–Trinajstić information content (AvgIpc) is 2.77. The summed E-state index contributed by atoms with van der Waals surface area (Å²) in [5.74, 6) is -6.18. The van der Waals surface area contributed by atoms with E-state index in [1.807, 2.05) is 6.92 Å². The lowest BCUT2D eigenvalue weighted by Crippen LogP contribution is -2.53. The molecule has 0 spiro atoms. The van der Waals surface area contributed by atoms with Crippen LogP contribution in [0, 0.1) is 23.3 Å². The minimum absolute atomic E-state index is 0.0212. The number of hydrogen-bond acceptors (Lipinski definition) is 4. The van der Waals surface area contributed by atoms with Gasteiger partial charge in [-0.25, -0.2) is 17.6 Å². The molecule has 0 atom stereocenters. The van der Waals surface area contributed by atoms with E-state index in [1.54, 1.807) is 29.2 Å². The van der Waals surface area contributed by atoms with Crippen molar-refractivity contribution in [1.82, 2.24) is 10.2 Å². The first-order valence-electron chi connectivity index (χ1n) is 9.34. The van der Waals surface area contributed by atoms with Gasteiger partial charge in [-0.15, -0.1) is 0 Å². The highest BCUT2D eigenvalue weighted by molar-refractivity contribution is 7.80. The van der Waals surface area contributed by atoms with Gasteiger partial charge in [-0.2, -0.15) is 0 Å². The Morgan fingerprint density at radius 1 is 1.03 bits per heavy atom. The molecule has 3 rings (SSSR count). The first kappa shape index (κ1) is 23.1. The molecule has 0 aliphatic carbocycles. The first-order valence-corrected chi connectivity index (χ1v) is 10.1. The van der Waals surface area contributed by atoms with Crippen LogP contribution in [-0.4, -0.2) is 48.7 Å². The van der Waals surface area contributed by atoms with Crippen LogP contribution in [0.4, 0.5) is 23.2 Å². The molecule has 1 aliphatic rings. The lowest BCUT2D eigenvalue weighted by molar-refractivity contribution is 0.0973. The first-order chi connectivity index (χ1) is 14.7. The molecule has 0 aromatic heterocycles. The summed E-state index contributed by atoms with van der Waals surface area (Å²) in [5.41, 5.74) is -0.441. The number of benzene rings is 2. The largest absolute Gasteiger partial charge is 0.494 e. The van der Waals surface area contributed by atoms with Crippen molar-refractivity contribution >= 4 is 40.5 Å². The lowest BCUT2D eigenvalue weighted by atomic mass is 10.2. The van der Waals surface area contributed by atoms with Crippen LogP contribution in [0.2, 0.25) is 5.02 Å². The van der Waals surface area contributed by atoms with Crippen molar-refractivity contribution in [1.29, 1.82) is 0 Å². The molecule has 2 aromatic carbocycles. The van der Waals surface area contributed by atoms with Gasteiger partial charge in [0.25, 0.3) is 5.91 Å². The Bertz CT molecular complexity index is 970. The van der Waals surface area contributed by atoms with E-state index in [1.165, 1.54) is 4.90 Å². The SMILES string of the molecule is CCOc1ccc(C(=O)NC(=S)N2CCN(c3c(F)c(F)c(Cl)c(F)c3F)CC2)cc1. The summed E-state index contributed by atoms with van der Waals surface area (Å²) in [4.78, 5) is 15.2. The zero-order valence-corrected chi connectivity index (χ0v) is 17.9. The third-order valence-corrected chi connectivity index (χ3v) is 5.41. The normalized spacial score (nSPS) is 13.9. The van der Waals surface area contributed by atoms with Gasteiger partial charge in [0.15, 0.2) is 28.4 Å². The fourth-order valence-electron chi connectivity index (χ4n) is 3.12. The molecule has 166 valence electrons. The van der Waals surface area contributed by atoms with E-state index in [0.717, 1.165) is 0 Å². The van der Waals surface area contributed by atoms with Crippen LogP contribution >= 0.6 is 23.8 Å². The van der Waals surface area contributed by atoms with E-state index in [0.29, 0.717) is 17.9 Å². The predicted octanol–water partition coefficient (Wildman–Crippen LogP) is 4.13. The molecule has 1 aliphatic heterocycles. The number of piperazine rings is 1. The van der Waals surface area contributed by atoms with E-state index in [9.17, 15) is 22.4 Å². The number of nitrogens with one attached hydrogen (secondary N) is 1. The molecule has 0 bridgehead atoms. The summed E-state index contributed by atoms with van der Waals surface area (Å²) in [6.45, 7) is 2.74. The zero-order valence-electron chi connectivity index (χ0n) is 16.4. The maximum atomic E-state index is 14.2. The summed E-state index contributed by atoms with van der Waals surface area (Å²) in [5, 5.41) is 1.50. The summed E-state index contributed by atoms with van der Waals surface area (Å²) in [6, 6.07) is 6.51. The van der Waals surface area contributed by atoms with Gasteiger partial charge in [-0.05, 0) is 43.4 Å². The second-order valence-electron chi connectivity index (χ2n) is 6.61. The molecule has 0 saturated carbocycles. The molecule has 11 heteroatoms. The van der Waals surface area contributed by atoms with Crippen molar-refractivity contribution in [2.24, 2.45) is 0 Å². The van der Waals surface area contributed by atoms with Crippen LogP contribution in [0.25, 0.3) is 0 Å². The quantitative estimate of drug-likeness (QED) is 0.312. The summed E-state index contributed by atoms with van der Waals surface area (Å²) in [7, 11) is 0. The molecule has 1 amide bonds. The molecule has 2 aromatic rings. The Balaban J connectivity index is 1.62. The topological polar surface area (TPSA) is 44.8 Å². The molecule has 31 heavy (non-hydrogen) atoms. The van der Waals surface area contributed by atoms with Crippen molar-refractivity contribution in [3.63, 3.8) is 0 Å². The number of rotatable bonds is 4. The van der Waals surface area contributed by atoms with Gasteiger partial charge in [0, 0.05) is 31.7 Å². The van der Waals surface area contributed by atoms with Gasteiger partial charge >= 0.3 is 0 Å². The van der Waals surface area contributed by atoms with Gasteiger partial charge < -0.3 is 14.5 Å². The zero-order chi connectivity index (χ0) is 22.7. The van der Waals surface area contributed by atoms with Crippen molar-refractivity contribution in [3.05, 3.63) is 58.1 Å². The number of carbonyl (C=O) groups is 1. The number of ether oxygens (including phenoxy) is 1. The van der Waals surface area contributed by atoms with Gasteiger partial charge in [0.05, 0.1) is 6.61 Å². The third kappa shape index (κ3) is 4.85. The monoisotopic (exact) mass is 475 g/mol. The number of anilines is 1. The Hall–Kier alpha value is -2.59. The smallest absolute Gasteiger partial charge is 0.257 e. The lowest BCUT2D eigenvalue weighted by Gasteiger charge is -2.37. The predicted molar refractivity (Wildman–Crippen MR) is 113 cm³/mol. The Labute approximate surface area is 186 Å². The number of halogens is 5. The van der Waals surface area contributed by atoms with Crippen LogP contribution in [0.3, 0.4) is 0 Å². The van der Waals surface area contributed by atoms with Gasteiger partial charge in [-0.1, -0.05) is 11.6 Å². The number of thiocarbonyl (C=S) groups is 1. The second kappa shape index (κ2) is 9.69. The third-order valence-electron chi connectivity index (χ3n) is 4.72. The number of hydrogen-bond donors (Lipinski definition) is 1. The summed E-state index contributed by atoms with van der Waals surface area (Å²) >= 11 is 10.5. The van der Waals surface area contributed by atoms with Crippen molar-refractivity contribution < 1.29 is 27.1 Å². The molecule has 5 nitrogen and oxygen atoms in total.